The number of rotatable bonds is 1. The normalized spacial score (nSPS) is 26.5. The molecule has 1 aromatic rings. The average Bonchev–Trinajstić information content (AvgIpc) is 2.15. The summed E-state index contributed by atoms with van der Waals surface area (Å²) in [5, 5.41) is 2.70. The van der Waals surface area contributed by atoms with Gasteiger partial charge in [0.2, 0.25) is 5.91 Å². The minimum atomic E-state index is -0.359. The summed E-state index contributed by atoms with van der Waals surface area (Å²) in [5.74, 6) is -0.392. The third kappa shape index (κ3) is 1.28. The van der Waals surface area contributed by atoms with E-state index >= 15 is 0 Å². The number of hydrogen-bond donors (Lipinski definition) is 1. The van der Waals surface area contributed by atoms with Crippen LogP contribution in [-0.4, -0.2) is 10.9 Å². The van der Waals surface area contributed by atoms with Crippen molar-refractivity contribution >= 4 is 5.91 Å². The smallest absolute Gasteiger partial charge is 0.225 e. The highest BCUT2D eigenvalue weighted by Gasteiger charge is 2.37. The molecule has 1 N–H and O–H groups in total. The largest absolute Gasteiger partial charge is 0.347 e. The standard InChI is InChI=1S/C9H9FN2O/c1-5-8(12-9(5)13)7-3-2-6(10)4-11-7/h2-5,8H,1H3,(H,12,13). The number of amides is 1. The predicted molar refractivity (Wildman–Crippen MR) is 44.2 cm³/mol. The molecule has 0 radical (unpaired) electrons. The van der Waals surface area contributed by atoms with Gasteiger partial charge in [-0.05, 0) is 12.1 Å². The maximum absolute atomic E-state index is 12.5. The van der Waals surface area contributed by atoms with Crippen molar-refractivity contribution in [2.24, 2.45) is 5.92 Å². The topological polar surface area (TPSA) is 42.0 Å². The number of halogens is 1. The van der Waals surface area contributed by atoms with Gasteiger partial charge in [-0.3, -0.25) is 9.78 Å². The molecule has 2 unspecified atom stereocenters. The fourth-order valence-electron chi connectivity index (χ4n) is 1.37. The predicted octanol–water partition coefficient (Wildman–Crippen LogP) is 1.03. The molecule has 2 rings (SSSR count). The van der Waals surface area contributed by atoms with Crippen LogP contribution in [0.3, 0.4) is 0 Å². The first-order valence-electron chi connectivity index (χ1n) is 4.10. The van der Waals surface area contributed by atoms with Crippen LogP contribution in [0, 0.1) is 11.7 Å². The number of nitrogens with one attached hydrogen (secondary N) is 1. The zero-order valence-corrected chi connectivity index (χ0v) is 7.12. The molecule has 1 aliphatic rings. The summed E-state index contributed by atoms with van der Waals surface area (Å²) in [4.78, 5) is 14.8. The summed E-state index contributed by atoms with van der Waals surface area (Å²) >= 11 is 0. The van der Waals surface area contributed by atoms with Crippen LogP contribution in [0.1, 0.15) is 18.7 Å². The Balaban J connectivity index is 2.18. The summed E-state index contributed by atoms with van der Waals surface area (Å²) in [5.41, 5.74) is 0.716. The maximum Gasteiger partial charge on any atom is 0.225 e. The Labute approximate surface area is 75.0 Å². The van der Waals surface area contributed by atoms with Crippen LogP contribution in [0.25, 0.3) is 0 Å². The summed E-state index contributed by atoms with van der Waals surface area (Å²) < 4.78 is 12.5. The number of pyridine rings is 1. The maximum atomic E-state index is 12.5. The summed E-state index contributed by atoms with van der Waals surface area (Å²) in [6, 6.07) is 2.89. The summed E-state index contributed by atoms with van der Waals surface area (Å²) in [7, 11) is 0. The van der Waals surface area contributed by atoms with Crippen molar-refractivity contribution < 1.29 is 9.18 Å². The molecular formula is C9H9FN2O. The van der Waals surface area contributed by atoms with Crippen molar-refractivity contribution in [1.82, 2.24) is 10.3 Å². The van der Waals surface area contributed by atoms with Crippen molar-refractivity contribution in [1.29, 1.82) is 0 Å². The first-order valence-corrected chi connectivity index (χ1v) is 4.10. The third-order valence-corrected chi connectivity index (χ3v) is 2.28. The van der Waals surface area contributed by atoms with Gasteiger partial charge in [-0.15, -0.1) is 0 Å². The van der Waals surface area contributed by atoms with Crippen LogP contribution in [-0.2, 0) is 4.79 Å². The van der Waals surface area contributed by atoms with Gasteiger partial charge < -0.3 is 5.32 Å². The van der Waals surface area contributed by atoms with Crippen LogP contribution >= 0.6 is 0 Å². The minimum absolute atomic E-state index is 0.0242. The van der Waals surface area contributed by atoms with E-state index in [1.165, 1.54) is 6.07 Å². The molecule has 1 fully saturated rings. The van der Waals surface area contributed by atoms with Crippen molar-refractivity contribution in [2.75, 3.05) is 0 Å². The van der Waals surface area contributed by atoms with Gasteiger partial charge in [0.1, 0.15) is 5.82 Å². The molecule has 1 saturated heterocycles. The summed E-state index contributed by atoms with van der Waals surface area (Å²) in [6.07, 6.45) is 1.16. The molecule has 1 amide bonds. The molecule has 2 heterocycles. The molecule has 0 bridgehead atoms. The number of carbonyl (C=O) groups is 1. The van der Waals surface area contributed by atoms with Gasteiger partial charge in [-0.1, -0.05) is 6.92 Å². The van der Waals surface area contributed by atoms with Gasteiger partial charge in [0.25, 0.3) is 0 Å². The lowest BCUT2D eigenvalue weighted by atomic mass is 9.90. The SMILES string of the molecule is CC1C(=O)NC1c1ccc(F)cn1. The van der Waals surface area contributed by atoms with Crippen LogP contribution in [0.2, 0.25) is 0 Å². The van der Waals surface area contributed by atoms with E-state index in [4.69, 9.17) is 0 Å². The van der Waals surface area contributed by atoms with E-state index in [0.717, 1.165) is 6.20 Å². The second-order valence-electron chi connectivity index (χ2n) is 3.18. The van der Waals surface area contributed by atoms with E-state index in [1.807, 2.05) is 6.92 Å². The number of β-lactam (4-membered cyclic amide) rings is 1. The molecule has 0 saturated carbocycles. The van der Waals surface area contributed by atoms with Crippen molar-refractivity contribution in [3.8, 4) is 0 Å². The number of hydrogen-bond acceptors (Lipinski definition) is 2. The quantitative estimate of drug-likeness (QED) is 0.656. The van der Waals surface area contributed by atoms with Crippen molar-refractivity contribution in [3.05, 3.63) is 29.8 Å². The molecular weight excluding hydrogens is 171 g/mol. The van der Waals surface area contributed by atoms with Crippen molar-refractivity contribution in [3.63, 3.8) is 0 Å². The van der Waals surface area contributed by atoms with Gasteiger partial charge in [-0.2, -0.15) is 0 Å². The number of carbonyl (C=O) groups excluding carboxylic acids is 1. The van der Waals surface area contributed by atoms with Crippen LogP contribution < -0.4 is 5.32 Å². The first kappa shape index (κ1) is 8.16. The third-order valence-electron chi connectivity index (χ3n) is 2.28. The Hall–Kier alpha value is -1.45. The molecule has 68 valence electrons. The number of aromatic nitrogens is 1. The van der Waals surface area contributed by atoms with E-state index in [9.17, 15) is 9.18 Å². The highest BCUT2D eigenvalue weighted by molar-refractivity contribution is 5.85. The Morgan fingerprint density at radius 1 is 1.54 bits per heavy atom. The molecule has 2 atom stereocenters. The van der Waals surface area contributed by atoms with E-state index in [0.29, 0.717) is 5.69 Å². The monoisotopic (exact) mass is 180 g/mol. The van der Waals surface area contributed by atoms with Crippen LogP contribution in [0.15, 0.2) is 18.3 Å². The molecule has 3 nitrogen and oxygen atoms in total. The van der Waals surface area contributed by atoms with Crippen LogP contribution in [0.5, 0.6) is 0 Å². The van der Waals surface area contributed by atoms with Crippen molar-refractivity contribution in [2.45, 2.75) is 13.0 Å². The van der Waals surface area contributed by atoms with Gasteiger partial charge in [0.05, 0.1) is 23.9 Å². The Morgan fingerprint density at radius 2 is 2.31 bits per heavy atom. The lowest BCUT2D eigenvalue weighted by Crippen LogP contribution is -2.50. The molecule has 4 heteroatoms. The molecule has 1 aromatic heterocycles. The van der Waals surface area contributed by atoms with E-state index in [1.54, 1.807) is 6.07 Å². The molecule has 1 aliphatic heterocycles. The lowest BCUT2D eigenvalue weighted by Gasteiger charge is -2.33. The minimum Gasteiger partial charge on any atom is -0.347 e. The molecule has 0 aromatic carbocycles. The second-order valence-corrected chi connectivity index (χ2v) is 3.18. The van der Waals surface area contributed by atoms with E-state index < -0.39 is 0 Å². The van der Waals surface area contributed by atoms with E-state index in [-0.39, 0.29) is 23.7 Å². The molecule has 13 heavy (non-hydrogen) atoms. The highest BCUT2D eigenvalue weighted by atomic mass is 19.1. The lowest BCUT2D eigenvalue weighted by molar-refractivity contribution is -0.134. The zero-order chi connectivity index (χ0) is 9.42. The highest BCUT2D eigenvalue weighted by Crippen LogP contribution is 2.28. The van der Waals surface area contributed by atoms with Gasteiger partial charge in [0.15, 0.2) is 0 Å². The fourth-order valence-corrected chi connectivity index (χ4v) is 1.37. The van der Waals surface area contributed by atoms with Gasteiger partial charge in [-0.25, -0.2) is 4.39 Å². The Morgan fingerprint density at radius 3 is 2.77 bits per heavy atom. The first-order chi connectivity index (χ1) is 6.18. The second kappa shape index (κ2) is 2.80. The number of nitrogens with zero attached hydrogens (tertiary/aromatic N) is 1. The summed E-state index contributed by atoms with van der Waals surface area (Å²) in [6.45, 7) is 1.83. The Bertz CT molecular complexity index is 336. The average molecular weight is 180 g/mol. The zero-order valence-electron chi connectivity index (χ0n) is 7.12. The molecule has 0 spiro atoms. The van der Waals surface area contributed by atoms with Crippen LogP contribution in [0.4, 0.5) is 4.39 Å². The van der Waals surface area contributed by atoms with Gasteiger partial charge in [0, 0.05) is 0 Å². The molecule has 0 aliphatic carbocycles. The van der Waals surface area contributed by atoms with E-state index in [2.05, 4.69) is 10.3 Å². The fraction of sp³-hybridized carbons (Fsp3) is 0.333. The Kier molecular flexibility index (Phi) is 1.76. The van der Waals surface area contributed by atoms with Gasteiger partial charge >= 0.3 is 0 Å².